The second kappa shape index (κ2) is 5.88. The van der Waals surface area contributed by atoms with Gasteiger partial charge < -0.3 is 5.73 Å². The topological polar surface area (TPSA) is 72.2 Å². The van der Waals surface area contributed by atoms with E-state index in [-0.39, 0.29) is 22.2 Å². The second-order valence-electron chi connectivity index (χ2n) is 5.30. The van der Waals surface area contributed by atoms with Crippen molar-refractivity contribution in [1.82, 2.24) is 4.72 Å². The van der Waals surface area contributed by atoms with Gasteiger partial charge in [0.15, 0.2) is 0 Å². The first-order valence-electron chi connectivity index (χ1n) is 6.21. The van der Waals surface area contributed by atoms with Crippen molar-refractivity contribution in [2.24, 2.45) is 5.92 Å². The van der Waals surface area contributed by atoms with E-state index in [2.05, 4.69) is 4.72 Å². The van der Waals surface area contributed by atoms with E-state index in [0.717, 1.165) is 6.07 Å². The van der Waals surface area contributed by atoms with Crippen LogP contribution in [0.1, 0.15) is 32.8 Å². The Balaban J connectivity index is 3.07. The van der Waals surface area contributed by atoms with Crippen molar-refractivity contribution in [3.63, 3.8) is 0 Å². The lowest BCUT2D eigenvalue weighted by Crippen LogP contribution is -2.34. The molecule has 0 amide bonds. The van der Waals surface area contributed by atoms with E-state index in [4.69, 9.17) is 5.73 Å². The highest BCUT2D eigenvalue weighted by molar-refractivity contribution is 7.89. The van der Waals surface area contributed by atoms with Gasteiger partial charge in [-0.15, -0.1) is 0 Å². The monoisotopic (exact) mass is 288 g/mol. The van der Waals surface area contributed by atoms with Gasteiger partial charge in [-0.05, 0) is 43.9 Å². The fourth-order valence-electron chi connectivity index (χ4n) is 2.04. The average molecular weight is 288 g/mol. The molecule has 1 aromatic rings. The molecule has 0 saturated carbocycles. The Morgan fingerprint density at radius 3 is 2.42 bits per heavy atom. The molecular formula is C13H21FN2O2S. The summed E-state index contributed by atoms with van der Waals surface area (Å²) >= 11 is 0. The van der Waals surface area contributed by atoms with Gasteiger partial charge in [-0.1, -0.05) is 13.8 Å². The number of anilines is 1. The Bertz CT molecular complexity index is 556. The van der Waals surface area contributed by atoms with E-state index < -0.39 is 15.8 Å². The summed E-state index contributed by atoms with van der Waals surface area (Å²) in [5, 5.41) is 0. The standard InChI is InChI=1S/C13H21FN2O2S/c1-8(2)5-10(4)16-19(17,18)12-7-11(15)6-9(3)13(12)14/h6-8,10,16H,5,15H2,1-4H3. The molecule has 0 fully saturated rings. The first-order valence-corrected chi connectivity index (χ1v) is 7.69. The number of hydrogen-bond acceptors (Lipinski definition) is 3. The van der Waals surface area contributed by atoms with E-state index in [1.807, 2.05) is 13.8 Å². The molecule has 0 aliphatic heterocycles. The summed E-state index contributed by atoms with van der Waals surface area (Å²) in [6, 6.07) is 2.30. The van der Waals surface area contributed by atoms with Crippen molar-refractivity contribution in [1.29, 1.82) is 0 Å². The lowest BCUT2D eigenvalue weighted by molar-refractivity contribution is 0.479. The first kappa shape index (κ1) is 15.9. The van der Waals surface area contributed by atoms with E-state index in [1.165, 1.54) is 13.0 Å². The molecule has 0 aromatic heterocycles. The molecule has 19 heavy (non-hydrogen) atoms. The molecule has 1 aromatic carbocycles. The summed E-state index contributed by atoms with van der Waals surface area (Å²) in [6.07, 6.45) is 0.683. The highest BCUT2D eigenvalue weighted by Gasteiger charge is 2.23. The van der Waals surface area contributed by atoms with Crippen LogP contribution in [0.5, 0.6) is 0 Å². The zero-order valence-electron chi connectivity index (χ0n) is 11.7. The third-order valence-corrected chi connectivity index (χ3v) is 4.30. The molecule has 3 N–H and O–H groups in total. The van der Waals surface area contributed by atoms with Gasteiger partial charge in [0.05, 0.1) is 0 Å². The number of hydrogen-bond donors (Lipinski definition) is 2. The smallest absolute Gasteiger partial charge is 0.243 e. The zero-order chi connectivity index (χ0) is 14.8. The maximum absolute atomic E-state index is 13.9. The number of aryl methyl sites for hydroxylation is 1. The van der Waals surface area contributed by atoms with Crippen molar-refractivity contribution in [3.05, 3.63) is 23.5 Å². The predicted molar refractivity (Wildman–Crippen MR) is 74.8 cm³/mol. The van der Waals surface area contributed by atoms with Crippen LogP contribution < -0.4 is 10.5 Å². The van der Waals surface area contributed by atoms with Crippen LogP contribution in [0.15, 0.2) is 17.0 Å². The van der Waals surface area contributed by atoms with Crippen molar-refractivity contribution in [2.45, 2.75) is 45.1 Å². The van der Waals surface area contributed by atoms with Crippen LogP contribution in [0.4, 0.5) is 10.1 Å². The van der Waals surface area contributed by atoms with Crippen molar-refractivity contribution in [3.8, 4) is 0 Å². The maximum Gasteiger partial charge on any atom is 0.243 e. The number of rotatable bonds is 5. The highest BCUT2D eigenvalue weighted by Crippen LogP contribution is 2.22. The SMILES string of the molecule is Cc1cc(N)cc(S(=O)(=O)NC(C)CC(C)C)c1F. The van der Waals surface area contributed by atoms with Gasteiger partial charge in [0, 0.05) is 11.7 Å². The maximum atomic E-state index is 13.9. The summed E-state index contributed by atoms with van der Waals surface area (Å²) in [4.78, 5) is -0.388. The van der Waals surface area contributed by atoms with Crippen LogP contribution in [-0.2, 0) is 10.0 Å². The minimum absolute atomic E-state index is 0.219. The number of nitrogens with one attached hydrogen (secondary N) is 1. The Morgan fingerprint density at radius 2 is 1.89 bits per heavy atom. The number of nitrogens with two attached hydrogens (primary N) is 1. The number of benzene rings is 1. The summed E-state index contributed by atoms with van der Waals surface area (Å²) < 4.78 is 40.7. The Morgan fingerprint density at radius 1 is 1.32 bits per heavy atom. The molecule has 6 heteroatoms. The number of nitrogen functional groups attached to an aromatic ring is 1. The van der Waals surface area contributed by atoms with Crippen molar-refractivity contribution in [2.75, 3.05) is 5.73 Å². The second-order valence-corrected chi connectivity index (χ2v) is 6.98. The molecule has 1 atom stereocenters. The lowest BCUT2D eigenvalue weighted by Gasteiger charge is -2.17. The van der Waals surface area contributed by atoms with Crippen LogP contribution in [0, 0.1) is 18.7 Å². The van der Waals surface area contributed by atoms with Crippen LogP contribution in [-0.4, -0.2) is 14.5 Å². The molecule has 0 radical (unpaired) electrons. The van der Waals surface area contributed by atoms with Gasteiger partial charge in [-0.3, -0.25) is 0 Å². The van der Waals surface area contributed by atoms with Crippen LogP contribution in [0.3, 0.4) is 0 Å². The van der Waals surface area contributed by atoms with Crippen LogP contribution in [0.25, 0.3) is 0 Å². The van der Waals surface area contributed by atoms with Crippen molar-refractivity contribution >= 4 is 15.7 Å². The molecule has 0 saturated heterocycles. The molecule has 0 heterocycles. The first-order chi connectivity index (χ1) is 8.63. The Hall–Kier alpha value is -1.14. The summed E-state index contributed by atoms with van der Waals surface area (Å²) in [5.74, 6) is -0.399. The molecular weight excluding hydrogens is 267 g/mol. The lowest BCUT2D eigenvalue weighted by atomic mass is 10.1. The summed E-state index contributed by atoms with van der Waals surface area (Å²) in [6.45, 7) is 7.24. The van der Waals surface area contributed by atoms with E-state index in [9.17, 15) is 12.8 Å². The molecule has 1 unspecified atom stereocenters. The molecule has 0 aliphatic carbocycles. The predicted octanol–water partition coefficient (Wildman–Crippen LogP) is 2.43. The van der Waals surface area contributed by atoms with Crippen LogP contribution in [0.2, 0.25) is 0 Å². The fourth-order valence-corrected chi connectivity index (χ4v) is 3.48. The zero-order valence-corrected chi connectivity index (χ0v) is 12.5. The van der Waals surface area contributed by atoms with E-state index in [1.54, 1.807) is 6.92 Å². The molecule has 0 spiro atoms. The van der Waals surface area contributed by atoms with Gasteiger partial charge in [0.1, 0.15) is 10.7 Å². The van der Waals surface area contributed by atoms with Gasteiger partial charge in [0.25, 0.3) is 0 Å². The average Bonchev–Trinajstić information content (AvgIpc) is 2.20. The Kier molecular flexibility index (Phi) is 4.92. The molecule has 1 rings (SSSR count). The summed E-state index contributed by atoms with van der Waals surface area (Å²) in [7, 11) is -3.89. The molecule has 108 valence electrons. The van der Waals surface area contributed by atoms with E-state index >= 15 is 0 Å². The number of sulfonamides is 1. The third kappa shape index (κ3) is 4.18. The fraction of sp³-hybridized carbons (Fsp3) is 0.538. The van der Waals surface area contributed by atoms with Crippen LogP contribution >= 0.6 is 0 Å². The van der Waals surface area contributed by atoms with Gasteiger partial charge in [0.2, 0.25) is 10.0 Å². The third-order valence-electron chi connectivity index (χ3n) is 2.71. The quantitative estimate of drug-likeness (QED) is 0.817. The highest BCUT2D eigenvalue weighted by atomic mass is 32.2. The molecule has 0 aliphatic rings. The number of halogens is 1. The minimum Gasteiger partial charge on any atom is -0.399 e. The van der Waals surface area contributed by atoms with Crippen molar-refractivity contribution < 1.29 is 12.8 Å². The summed E-state index contributed by atoms with van der Waals surface area (Å²) in [5.41, 5.74) is 6.03. The van der Waals surface area contributed by atoms with Gasteiger partial charge in [-0.2, -0.15) is 0 Å². The largest absolute Gasteiger partial charge is 0.399 e. The normalized spacial score (nSPS) is 13.8. The minimum atomic E-state index is -3.89. The van der Waals surface area contributed by atoms with Gasteiger partial charge >= 0.3 is 0 Å². The Labute approximate surface area is 114 Å². The van der Waals surface area contributed by atoms with Gasteiger partial charge in [-0.25, -0.2) is 17.5 Å². The van der Waals surface area contributed by atoms with E-state index in [0.29, 0.717) is 12.3 Å². The molecule has 0 bridgehead atoms. The molecule has 4 nitrogen and oxygen atoms in total.